The van der Waals surface area contributed by atoms with E-state index in [1.54, 1.807) is 0 Å². The molecule has 8 heteroatoms. The molecule has 7 nitrogen and oxygen atoms in total. The van der Waals surface area contributed by atoms with Crippen molar-refractivity contribution in [1.82, 2.24) is 15.5 Å². The zero-order valence-electron chi connectivity index (χ0n) is 15.1. The Balaban J connectivity index is 0.00000243. The Bertz CT molecular complexity index is 620. The van der Waals surface area contributed by atoms with E-state index >= 15 is 0 Å². The van der Waals surface area contributed by atoms with E-state index in [0.29, 0.717) is 18.8 Å². The number of nitrogens with one attached hydrogen (secondary N) is 2. The number of likely N-dealkylation sites (N-methyl/N-ethyl adjacent to an activating group) is 1. The molecule has 1 fully saturated rings. The van der Waals surface area contributed by atoms with Crippen molar-refractivity contribution in [2.75, 3.05) is 39.9 Å². The molecule has 0 aliphatic carbocycles. The molecular formula is C18H27IN4O3. The number of aliphatic imine (C=N–C) groups is 1. The van der Waals surface area contributed by atoms with Crippen LogP contribution in [0.3, 0.4) is 0 Å². The van der Waals surface area contributed by atoms with Crippen LogP contribution in [0.2, 0.25) is 0 Å². The van der Waals surface area contributed by atoms with Gasteiger partial charge in [-0.1, -0.05) is 18.2 Å². The SMILES string of the molecule is CN1CCN=C1NCc1ccccc1OCC(=O)NCC1CCCO1.I. The highest BCUT2D eigenvalue weighted by atomic mass is 127. The highest BCUT2D eigenvalue weighted by molar-refractivity contribution is 14.0. The molecular weight excluding hydrogens is 447 g/mol. The lowest BCUT2D eigenvalue weighted by molar-refractivity contribution is -0.123. The molecule has 0 bridgehead atoms. The van der Waals surface area contributed by atoms with Crippen LogP contribution in [0.15, 0.2) is 29.3 Å². The predicted molar refractivity (Wildman–Crippen MR) is 111 cm³/mol. The number of guanidine groups is 1. The Morgan fingerprint density at radius 3 is 3.00 bits per heavy atom. The van der Waals surface area contributed by atoms with Crippen molar-refractivity contribution in [1.29, 1.82) is 0 Å². The highest BCUT2D eigenvalue weighted by Crippen LogP contribution is 2.18. The fraction of sp³-hybridized carbons (Fsp3) is 0.556. The molecule has 0 spiro atoms. The molecule has 1 atom stereocenters. The Labute approximate surface area is 171 Å². The number of hydrogen-bond acceptors (Lipinski definition) is 6. The quantitative estimate of drug-likeness (QED) is 0.585. The minimum absolute atomic E-state index is 0. The summed E-state index contributed by atoms with van der Waals surface area (Å²) in [5, 5.41) is 6.18. The van der Waals surface area contributed by atoms with Crippen molar-refractivity contribution in [3.63, 3.8) is 0 Å². The van der Waals surface area contributed by atoms with Crippen LogP contribution < -0.4 is 15.4 Å². The van der Waals surface area contributed by atoms with Crippen LogP contribution in [-0.2, 0) is 16.1 Å². The van der Waals surface area contributed by atoms with E-state index in [2.05, 4.69) is 20.5 Å². The van der Waals surface area contributed by atoms with Gasteiger partial charge < -0.3 is 25.0 Å². The van der Waals surface area contributed by atoms with Crippen LogP contribution in [0.1, 0.15) is 18.4 Å². The lowest BCUT2D eigenvalue weighted by Gasteiger charge is -2.17. The van der Waals surface area contributed by atoms with E-state index in [1.165, 1.54) is 0 Å². The first-order valence-electron chi connectivity index (χ1n) is 8.81. The van der Waals surface area contributed by atoms with E-state index in [9.17, 15) is 4.79 Å². The maximum Gasteiger partial charge on any atom is 0.258 e. The van der Waals surface area contributed by atoms with Gasteiger partial charge in [0.25, 0.3) is 5.91 Å². The Hall–Kier alpha value is -1.55. The lowest BCUT2D eigenvalue weighted by atomic mass is 10.2. The molecule has 1 aromatic rings. The second-order valence-electron chi connectivity index (χ2n) is 6.32. The first-order valence-corrected chi connectivity index (χ1v) is 8.81. The van der Waals surface area contributed by atoms with E-state index in [0.717, 1.165) is 44.1 Å². The average molecular weight is 474 g/mol. The zero-order chi connectivity index (χ0) is 17.5. The Kier molecular flexibility index (Phi) is 8.43. The second-order valence-corrected chi connectivity index (χ2v) is 6.32. The zero-order valence-corrected chi connectivity index (χ0v) is 17.4. The Morgan fingerprint density at radius 2 is 2.27 bits per heavy atom. The average Bonchev–Trinajstić information content (AvgIpc) is 3.28. The molecule has 1 unspecified atom stereocenters. The third kappa shape index (κ3) is 6.01. The molecule has 1 saturated heterocycles. The van der Waals surface area contributed by atoms with E-state index < -0.39 is 0 Å². The Morgan fingerprint density at radius 1 is 1.42 bits per heavy atom. The summed E-state index contributed by atoms with van der Waals surface area (Å²) in [6.45, 7) is 3.71. The van der Waals surface area contributed by atoms with Crippen molar-refractivity contribution < 1.29 is 14.3 Å². The molecule has 0 aromatic heterocycles. The van der Waals surface area contributed by atoms with Gasteiger partial charge in [-0.05, 0) is 18.9 Å². The predicted octanol–water partition coefficient (Wildman–Crippen LogP) is 1.37. The molecule has 26 heavy (non-hydrogen) atoms. The molecule has 0 radical (unpaired) electrons. The fourth-order valence-corrected chi connectivity index (χ4v) is 2.92. The van der Waals surface area contributed by atoms with Crippen molar-refractivity contribution in [3.8, 4) is 5.75 Å². The number of ether oxygens (including phenoxy) is 2. The number of rotatable bonds is 7. The van der Waals surface area contributed by atoms with Gasteiger partial charge in [-0.25, -0.2) is 0 Å². The molecule has 2 heterocycles. The number of nitrogens with zero attached hydrogens (tertiary/aromatic N) is 2. The topological polar surface area (TPSA) is 75.2 Å². The van der Waals surface area contributed by atoms with Crippen LogP contribution in [0, 0.1) is 0 Å². The summed E-state index contributed by atoms with van der Waals surface area (Å²) in [7, 11) is 2.01. The summed E-state index contributed by atoms with van der Waals surface area (Å²) in [5.41, 5.74) is 0.998. The molecule has 3 rings (SSSR count). The fourth-order valence-electron chi connectivity index (χ4n) is 2.92. The third-order valence-corrected chi connectivity index (χ3v) is 4.38. The summed E-state index contributed by atoms with van der Waals surface area (Å²) in [5.74, 6) is 1.48. The molecule has 1 amide bonds. The largest absolute Gasteiger partial charge is 0.483 e. The number of para-hydroxylation sites is 1. The molecule has 0 saturated carbocycles. The van der Waals surface area contributed by atoms with Gasteiger partial charge >= 0.3 is 0 Å². The van der Waals surface area contributed by atoms with Crippen molar-refractivity contribution >= 4 is 35.8 Å². The first kappa shape index (κ1) is 20.8. The number of amides is 1. The number of hydrogen-bond donors (Lipinski definition) is 2. The first-order chi connectivity index (χ1) is 12.2. The van der Waals surface area contributed by atoms with Gasteiger partial charge in [0, 0.05) is 38.9 Å². The highest BCUT2D eigenvalue weighted by Gasteiger charge is 2.17. The number of halogens is 1. The van der Waals surface area contributed by atoms with Gasteiger partial charge in [0.05, 0.1) is 12.6 Å². The number of benzene rings is 1. The van der Waals surface area contributed by atoms with E-state index in [1.807, 2.05) is 31.3 Å². The van der Waals surface area contributed by atoms with Gasteiger partial charge in [0.2, 0.25) is 0 Å². The summed E-state index contributed by atoms with van der Waals surface area (Å²) in [6.07, 6.45) is 2.22. The van der Waals surface area contributed by atoms with Gasteiger partial charge in [0.1, 0.15) is 5.75 Å². The lowest BCUT2D eigenvalue weighted by Crippen LogP contribution is -2.36. The maximum absolute atomic E-state index is 12.0. The standard InChI is InChI=1S/C18H26N4O3.HI/c1-22-9-8-19-18(22)21-11-14-5-2-3-7-16(14)25-13-17(23)20-12-15-6-4-10-24-15;/h2-3,5,7,15H,4,6,8-13H2,1H3,(H,19,21)(H,20,23);1H. The van der Waals surface area contributed by atoms with Crippen molar-refractivity contribution in [2.45, 2.75) is 25.5 Å². The molecule has 2 N–H and O–H groups in total. The minimum atomic E-state index is -0.127. The molecule has 144 valence electrons. The molecule has 1 aromatic carbocycles. The van der Waals surface area contributed by atoms with E-state index in [4.69, 9.17) is 9.47 Å². The third-order valence-electron chi connectivity index (χ3n) is 4.38. The number of carbonyl (C=O) groups excluding carboxylic acids is 1. The van der Waals surface area contributed by atoms with Crippen LogP contribution in [0.4, 0.5) is 0 Å². The van der Waals surface area contributed by atoms with Crippen LogP contribution >= 0.6 is 24.0 Å². The molecule has 2 aliphatic heterocycles. The maximum atomic E-state index is 12.0. The minimum Gasteiger partial charge on any atom is -0.483 e. The van der Waals surface area contributed by atoms with Gasteiger partial charge in [-0.15, -0.1) is 24.0 Å². The van der Waals surface area contributed by atoms with Gasteiger partial charge in [0.15, 0.2) is 12.6 Å². The smallest absolute Gasteiger partial charge is 0.258 e. The van der Waals surface area contributed by atoms with Crippen LogP contribution in [-0.4, -0.2) is 62.8 Å². The van der Waals surface area contributed by atoms with Crippen LogP contribution in [0.5, 0.6) is 5.75 Å². The van der Waals surface area contributed by atoms with Crippen LogP contribution in [0.25, 0.3) is 0 Å². The van der Waals surface area contributed by atoms with Gasteiger partial charge in [-0.3, -0.25) is 9.79 Å². The van der Waals surface area contributed by atoms with Gasteiger partial charge in [-0.2, -0.15) is 0 Å². The summed E-state index contributed by atoms with van der Waals surface area (Å²) in [6, 6.07) is 7.73. The van der Waals surface area contributed by atoms with Crippen molar-refractivity contribution in [3.05, 3.63) is 29.8 Å². The summed E-state index contributed by atoms with van der Waals surface area (Å²) in [4.78, 5) is 18.5. The van der Waals surface area contributed by atoms with Crippen molar-refractivity contribution in [2.24, 2.45) is 4.99 Å². The molecule has 2 aliphatic rings. The normalized spacial score (nSPS) is 18.9. The van der Waals surface area contributed by atoms with E-state index in [-0.39, 0.29) is 42.6 Å². The summed E-state index contributed by atoms with van der Waals surface area (Å²) >= 11 is 0. The summed E-state index contributed by atoms with van der Waals surface area (Å²) < 4.78 is 11.2. The number of carbonyl (C=O) groups is 1. The second kappa shape index (κ2) is 10.6. The monoisotopic (exact) mass is 474 g/mol.